The van der Waals surface area contributed by atoms with Crippen LogP contribution in [0, 0.1) is 0 Å². The first kappa shape index (κ1) is 29.9. The van der Waals surface area contributed by atoms with Crippen LogP contribution in [-0.4, -0.2) is 70.3 Å². The van der Waals surface area contributed by atoms with Gasteiger partial charge in [-0.2, -0.15) is 0 Å². The Hall–Kier alpha value is -3.12. The lowest BCUT2D eigenvalue weighted by atomic mass is 9.91. The van der Waals surface area contributed by atoms with E-state index < -0.39 is 7.05 Å². The van der Waals surface area contributed by atoms with Crippen LogP contribution in [-0.2, 0) is 28.8 Å². The summed E-state index contributed by atoms with van der Waals surface area (Å²) in [5.74, 6) is -1.50. The normalized spacial score (nSPS) is 14.1. The average molecular weight is 467 g/mol. The van der Waals surface area contributed by atoms with E-state index in [2.05, 4.69) is 10.8 Å². The molecule has 0 saturated carbocycles. The maximum absolute atomic E-state index is 11.2. The molecular formula is C21H35BN4O7. The lowest BCUT2D eigenvalue weighted by molar-refractivity contribution is -0.138. The van der Waals surface area contributed by atoms with Crippen molar-refractivity contribution in [2.24, 2.45) is 0 Å². The Kier molecular flexibility index (Phi) is 15.8. The number of hydrogen-bond acceptors (Lipinski definition) is 8. The molecule has 0 spiro atoms. The predicted molar refractivity (Wildman–Crippen MR) is 124 cm³/mol. The SMILES string of the molecule is C.CB(O)NNC(=O)CCCN1C(=O)C=CC1=O.CC(=O)CCCN1C(=O)C=CC1=O.[2H]CC. The molecule has 5 amide bonds. The van der Waals surface area contributed by atoms with Crippen LogP contribution in [0.15, 0.2) is 24.3 Å². The molecule has 0 radical (unpaired) electrons. The third-order valence-corrected chi connectivity index (χ3v) is 3.92. The summed E-state index contributed by atoms with van der Waals surface area (Å²) in [7, 11) is -0.829. The first-order valence-electron chi connectivity index (χ1n) is 10.8. The maximum atomic E-state index is 11.2. The van der Waals surface area contributed by atoms with E-state index in [0.29, 0.717) is 32.7 Å². The number of amides is 5. The number of hydrazine groups is 1. The molecule has 3 N–H and O–H groups in total. The van der Waals surface area contributed by atoms with E-state index in [1.165, 1.54) is 38.1 Å². The van der Waals surface area contributed by atoms with Gasteiger partial charge in [-0.1, -0.05) is 21.3 Å². The van der Waals surface area contributed by atoms with Gasteiger partial charge in [-0.05, 0) is 26.6 Å². The number of nitrogens with zero attached hydrogens (tertiary/aromatic N) is 2. The van der Waals surface area contributed by atoms with Crippen LogP contribution < -0.4 is 10.8 Å². The van der Waals surface area contributed by atoms with E-state index in [9.17, 15) is 28.8 Å². The molecule has 0 aromatic heterocycles. The number of imide groups is 2. The zero-order chi connectivity index (χ0) is 25.4. The molecule has 2 aliphatic rings. The molecule has 0 unspecified atom stereocenters. The molecule has 33 heavy (non-hydrogen) atoms. The number of hydrogen-bond donors (Lipinski definition) is 3. The molecule has 2 aliphatic heterocycles. The van der Waals surface area contributed by atoms with Gasteiger partial charge in [-0.3, -0.25) is 33.8 Å². The number of ketones is 1. The fraction of sp³-hybridized carbons (Fsp3) is 0.524. The van der Waals surface area contributed by atoms with Crippen molar-refractivity contribution in [3.05, 3.63) is 24.3 Å². The highest BCUT2D eigenvalue weighted by Gasteiger charge is 2.23. The van der Waals surface area contributed by atoms with Gasteiger partial charge in [0.25, 0.3) is 23.6 Å². The Balaban J connectivity index is 0. The quantitative estimate of drug-likeness (QED) is 0.237. The molecule has 2 rings (SSSR count). The molecule has 12 heteroatoms. The Bertz CT molecular complexity index is 751. The van der Waals surface area contributed by atoms with Crippen LogP contribution in [0.2, 0.25) is 6.82 Å². The summed E-state index contributed by atoms with van der Waals surface area (Å²) in [5.41, 5.74) is 2.29. The Morgan fingerprint density at radius 2 is 1.30 bits per heavy atom. The van der Waals surface area contributed by atoms with E-state index in [0.717, 1.165) is 9.80 Å². The number of Topliss-reactive ketones (excluding diaryl/α,β-unsaturated/α-hetero) is 1. The summed E-state index contributed by atoms with van der Waals surface area (Å²) >= 11 is 0. The summed E-state index contributed by atoms with van der Waals surface area (Å²) in [4.78, 5) is 68.3. The number of rotatable bonds is 10. The van der Waals surface area contributed by atoms with E-state index >= 15 is 0 Å². The van der Waals surface area contributed by atoms with Crippen LogP contribution in [0.5, 0.6) is 0 Å². The number of carbonyl (C=O) groups excluding carboxylic acids is 6. The molecule has 0 saturated heterocycles. The highest BCUT2D eigenvalue weighted by atomic mass is 16.2. The van der Waals surface area contributed by atoms with Crippen molar-refractivity contribution >= 4 is 42.4 Å². The van der Waals surface area contributed by atoms with Gasteiger partial charge in [0.15, 0.2) is 0 Å². The zero-order valence-corrected chi connectivity index (χ0v) is 18.6. The van der Waals surface area contributed by atoms with Crippen LogP contribution in [0.3, 0.4) is 0 Å². The predicted octanol–water partition coefficient (Wildman–Crippen LogP) is 0.366. The van der Waals surface area contributed by atoms with Gasteiger partial charge in [0.1, 0.15) is 5.78 Å². The number of nitrogens with one attached hydrogen (secondary N) is 2. The second-order valence-corrected chi connectivity index (χ2v) is 6.60. The first-order chi connectivity index (χ1) is 15.5. The van der Waals surface area contributed by atoms with Gasteiger partial charge in [0, 0.05) is 51.6 Å². The lowest BCUT2D eigenvalue weighted by Crippen LogP contribution is -2.45. The van der Waals surface area contributed by atoms with E-state index in [-0.39, 0.29) is 55.7 Å². The molecule has 0 aliphatic carbocycles. The van der Waals surface area contributed by atoms with Crippen molar-refractivity contribution in [3.63, 3.8) is 0 Å². The molecule has 2 heterocycles. The van der Waals surface area contributed by atoms with Crippen molar-refractivity contribution in [3.8, 4) is 0 Å². The summed E-state index contributed by atoms with van der Waals surface area (Å²) in [6, 6.07) is 0. The van der Waals surface area contributed by atoms with Crippen molar-refractivity contribution in [1.82, 2.24) is 20.6 Å². The van der Waals surface area contributed by atoms with Crippen LogP contribution in [0.4, 0.5) is 0 Å². The third kappa shape index (κ3) is 13.1. The minimum atomic E-state index is -0.829. The number of carbonyl (C=O) groups is 6. The van der Waals surface area contributed by atoms with Crippen molar-refractivity contribution in [2.45, 2.75) is 60.7 Å². The lowest BCUT2D eigenvalue weighted by Gasteiger charge is -2.13. The summed E-state index contributed by atoms with van der Waals surface area (Å²) < 4.78 is 6.21. The second-order valence-electron chi connectivity index (χ2n) is 6.60. The second kappa shape index (κ2) is 17.4. The molecule has 11 nitrogen and oxygen atoms in total. The van der Waals surface area contributed by atoms with Crippen LogP contribution in [0.1, 0.15) is 55.2 Å². The fourth-order valence-electron chi connectivity index (χ4n) is 2.43. The van der Waals surface area contributed by atoms with Crippen LogP contribution in [0.25, 0.3) is 0 Å². The Labute approximate surface area is 196 Å². The summed E-state index contributed by atoms with van der Waals surface area (Å²) in [5, 5.41) is 11.2. The first-order valence-corrected chi connectivity index (χ1v) is 10.1. The largest absolute Gasteiger partial charge is 0.436 e. The van der Waals surface area contributed by atoms with Gasteiger partial charge < -0.3 is 15.2 Å². The molecule has 0 aromatic rings. The van der Waals surface area contributed by atoms with Gasteiger partial charge in [0.05, 0.1) is 0 Å². The monoisotopic (exact) mass is 467 g/mol. The van der Waals surface area contributed by atoms with Crippen molar-refractivity contribution in [2.75, 3.05) is 13.1 Å². The van der Waals surface area contributed by atoms with E-state index in [1.807, 2.05) is 0 Å². The minimum Gasteiger partial charge on any atom is -0.436 e. The van der Waals surface area contributed by atoms with Gasteiger partial charge in [-0.15, -0.1) is 0 Å². The average Bonchev–Trinajstić information content (AvgIpc) is 3.23. The molecule has 0 aromatic carbocycles. The highest BCUT2D eigenvalue weighted by Crippen LogP contribution is 2.06. The van der Waals surface area contributed by atoms with E-state index in [1.54, 1.807) is 6.92 Å². The smallest absolute Gasteiger partial charge is 0.392 e. The van der Waals surface area contributed by atoms with Gasteiger partial charge >= 0.3 is 7.05 Å². The molecule has 0 fully saturated rings. The van der Waals surface area contributed by atoms with Crippen molar-refractivity contribution < 1.29 is 35.2 Å². The third-order valence-electron chi connectivity index (χ3n) is 3.92. The highest BCUT2D eigenvalue weighted by molar-refractivity contribution is 6.45. The topological polar surface area (TPSA) is 153 Å². The minimum absolute atomic E-state index is 0. The van der Waals surface area contributed by atoms with Gasteiger partial charge in [-0.25, -0.2) is 5.34 Å². The summed E-state index contributed by atoms with van der Waals surface area (Å²) in [6.45, 7) is 5.80. The standard InChI is InChI=1S/C9H14BN3O4.C9H11NO3.C2H6.CH4/c1-10(17)12-11-7(14)3-2-6-13-8(15)4-5-9(13)16;1-7(11)3-2-6-10-8(12)4-5-9(10)13;1-2;/h4-5,12,17H,2-3,6H2,1H3,(H,11,14);4-5H,2-3,6H2,1H3;1-2H3;1H4/i;;1D;. The van der Waals surface area contributed by atoms with E-state index in [4.69, 9.17) is 6.39 Å². The maximum Gasteiger partial charge on any atom is 0.392 e. The molecule has 0 atom stereocenters. The molecular weight excluding hydrogens is 431 g/mol. The van der Waals surface area contributed by atoms with Crippen molar-refractivity contribution in [1.29, 1.82) is 0 Å². The molecule has 184 valence electrons. The Morgan fingerprint density at radius 1 is 0.939 bits per heavy atom. The zero-order valence-electron chi connectivity index (χ0n) is 19.6. The summed E-state index contributed by atoms with van der Waals surface area (Å²) in [6.07, 6.45) is 6.41. The fourth-order valence-corrected chi connectivity index (χ4v) is 2.43. The Morgan fingerprint density at radius 3 is 1.64 bits per heavy atom. The van der Waals surface area contributed by atoms with Crippen LogP contribution >= 0.6 is 0 Å². The molecule has 0 bridgehead atoms. The van der Waals surface area contributed by atoms with Gasteiger partial charge in [0.2, 0.25) is 5.91 Å².